The predicted octanol–water partition coefficient (Wildman–Crippen LogP) is 4.50. The molecule has 2 N–H and O–H groups in total. The van der Waals surface area contributed by atoms with Crippen LogP contribution < -0.4 is 9.61 Å². The van der Waals surface area contributed by atoms with E-state index in [9.17, 15) is 27.7 Å². The Labute approximate surface area is 253 Å². The normalized spacial score (nSPS) is 15.5. The van der Waals surface area contributed by atoms with Gasteiger partial charge >= 0.3 is 19.5 Å². The first-order valence-corrected chi connectivity index (χ1v) is 17.8. The fourth-order valence-electron chi connectivity index (χ4n) is 4.97. The van der Waals surface area contributed by atoms with Crippen LogP contribution in [0.5, 0.6) is 11.5 Å². The maximum Gasteiger partial charge on any atom is 0.342 e. The number of phenolic OH excluding ortho intramolecular Hbond substituents is 1. The minimum absolute atomic E-state index is 0.00815. The van der Waals surface area contributed by atoms with Gasteiger partial charge in [-0.05, 0) is 63.8 Å². The van der Waals surface area contributed by atoms with Crippen LogP contribution in [-0.2, 0) is 48.3 Å². The predicted molar refractivity (Wildman–Crippen MR) is 164 cm³/mol. The first-order chi connectivity index (χ1) is 20.2. The number of hydrogen-bond acceptors (Lipinski definition) is 9. The lowest BCUT2D eigenvalue weighted by atomic mass is 9.89. The highest BCUT2D eigenvalue weighted by molar-refractivity contribution is 7.88. The molecule has 0 bridgehead atoms. The number of carbonyl (C=O) groups is 2. The van der Waals surface area contributed by atoms with E-state index in [4.69, 9.17) is 14.0 Å². The van der Waals surface area contributed by atoms with Crippen LogP contribution in [0.4, 0.5) is 0 Å². The highest BCUT2D eigenvalue weighted by Crippen LogP contribution is 2.44. The quantitative estimate of drug-likeness (QED) is 0.163. The van der Waals surface area contributed by atoms with Crippen LogP contribution in [0.3, 0.4) is 0 Å². The van der Waals surface area contributed by atoms with Crippen molar-refractivity contribution in [2.75, 3.05) is 32.1 Å². The number of nitrogens with one attached hydrogen (secondary N) is 1. The topological polar surface area (TPSA) is 149 Å². The number of sulfonamides is 1. The van der Waals surface area contributed by atoms with Crippen molar-refractivity contribution in [3.63, 3.8) is 0 Å². The van der Waals surface area contributed by atoms with Gasteiger partial charge in [0.1, 0.15) is 29.7 Å². The molecular weight excluding hydrogens is 595 g/mol. The number of aromatic hydroxyl groups is 1. The molecule has 13 heteroatoms. The largest absolute Gasteiger partial charge is 0.507 e. The maximum atomic E-state index is 13.9. The third kappa shape index (κ3) is 8.69. The van der Waals surface area contributed by atoms with E-state index >= 15 is 0 Å². The minimum atomic E-state index is -3.79. The Morgan fingerprint density at radius 2 is 1.91 bits per heavy atom. The van der Waals surface area contributed by atoms with Gasteiger partial charge in [-0.2, -0.15) is 4.31 Å². The molecule has 2 atom stereocenters. The van der Waals surface area contributed by atoms with Gasteiger partial charge in [0.15, 0.2) is 0 Å². The number of phenols is 1. The number of para-hydroxylation sites is 1. The van der Waals surface area contributed by atoms with Crippen LogP contribution in [0.15, 0.2) is 42.0 Å². The molecule has 0 spiro atoms. The average molecular weight is 637 g/mol. The fraction of sp³-hybridized carbons (Fsp3) is 0.467. The second-order valence-electron chi connectivity index (χ2n) is 10.5. The molecule has 0 radical (unpaired) electrons. The number of nitrogens with zero attached hydrogens (tertiary/aromatic N) is 1. The summed E-state index contributed by atoms with van der Waals surface area (Å²) in [6, 6.07) is 7.45. The summed E-state index contributed by atoms with van der Waals surface area (Å²) in [7, 11) is -7.54. The molecule has 0 saturated heterocycles. The molecule has 0 saturated carbocycles. The molecular formula is C30H41N2O9PS. The molecule has 2 aromatic rings. The summed E-state index contributed by atoms with van der Waals surface area (Å²) < 4.78 is 56.7. The smallest absolute Gasteiger partial charge is 0.342 e. The number of rotatable bonds is 15. The van der Waals surface area contributed by atoms with Gasteiger partial charge in [0.2, 0.25) is 10.0 Å². The summed E-state index contributed by atoms with van der Waals surface area (Å²) in [5.41, 5.74) is 3.98. The van der Waals surface area contributed by atoms with E-state index in [0.29, 0.717) is 28.9 Å². The molecule has 2 aromatic carbocycles. The lowest BCUT2D eigenvalue weighted by molar-refractivity contribution is -0.144. The number of esters is 2. The molecule has 0 aromatic heterocycles. The van der Waals surface area contributed by atoms with E-state index in [1.165, 1.54) is 11.2 Å². The fourth-order valence-corrected chi connectivity index (χ4v) is 7.90. The minimum Gasteiger partial charge on any atom is -0.507 e. The Balaban J connectivity index is 1.82. The van der Waals surface area contributed by atoms with Gasteiger partial charge < -0.3 is 19.1 Å². The second-order valence-corrected chi connectivity index (χ2v) is 14.7. The Morgan fingerprint density at radius 1 is 1.23 bits per heavy atom. The molecule has 1 unspecified atom stereocenters. The number of allylic oxidation sites excluding steroid dienone is 1. The zero-order chi connectivity index (χ0) is 31.9. The van der Waals surface area contributed by atoms with E-state index in [1.54, 1.807) is 50.3 Å². The number of hydrogen-bond donors (Lipinski definition) is 2. The van der Waals surface area contributed by atoms with Gasteiger partial charge in [0, 0.05) is 24.2 Å². The van der Waals surface area contributed by atoms with Crippen molar-refractivity contribution >= 4 is 29.5 Å². The van der Waals surface area contributed by atoms with Crippen molar-refractivity contribution in [1.82, 2.24) is 9.39 Å². The molecule has 11 nitrogen and oxygen atoms in total. The van der Waals surface area contributed by atoms with Crippen LogP contribution in [0.25, 0.3) is 0 Å². The molecule has 43 heavy (non-hydrogen) atoms. The SMILES string of the molecule is CCOC(=O)[C@H](C)NP(=O)(CCN(CC(C)=CCc1c(O)c2c(c(C)c1CC)COC2=O)S(C)(=O)=O)Oc1ccccc1. The van der Waals surface area contributed by atoms with Crippen LogP contribution in [-0.4, -0.2) is 67.9 Å². The van der Waals surface area contributed by atoms with Gasteiger partial charge in [-0.1, -0.05) is 36.8 Å². The molecule has 0 fully saturated rings. The highest BCUT2D eigenvalue weighted by atomic mass is 32.2. The summed E-state index contributed by atoms with van der Waals surface area (Å²) in [6.45, 7) is 8.89. The third-order valence-corrected chi connectivity index (χ3v) is 10.5. The number of carbonyl (C=O) groups excluding carboxylic acids is 2. The molecule has 1 aliphatic rings. The van der Waals surface area contributed by atoms with Crippen molar-refractivity contribution < 1.29 is 41.7 Å². The lowest BCUT2D eigenvalue weighted by Crippen LogP contribution is -2.39. The standard InChI is InChI=1S/C30H41N2O9PS/c1-7-24-21(4)26-19-40-30(35)27(26)28(33)25(24)15-14-20(3)18-32(43(6,37)38)16-17-42(36,31-22(5)29(34)39-8-2)41-23-12-10-9-11-13-23/h9-14,22,33H,7-8,15-19H2,1-6H3,(H,31,36)/t22-,42?/m0/s1. The second kappa shape index (κ2) is 14.5. The first-order valence-electron chi connectivity index (χ1n) is 14.1. The number of ether oxygens (including phenoxy) is 2. The Hall–Kier alpha value is -3.18. The Kier molecular flexibility index (Phi) is 11.6. The molecule has 0 amide bonds. The van der Waals surface area contributed by atoms with Crippen molar-refractivity contribution in [2.24, 2.45) is 0 Å². The van der Waals surface area contributed by atoms with Crippen molar-refractivity contribution in [3.05, 3.63) is 69.8 Å². The third-order valence-electron chi connectivity index (χ3n) is 7.22. The first kappa shape index (κ1) is 34.3. The van der Waals surface area contributed by atoms with E-state index < -0.39 is 35.5 Å². The van der Waals surface area contributed by atoms with Crippen molar-refractivity contribution in [2.45, 2.75) is 60.1 Å². The van der Waals surface area contributed by atoms with Gasteiger partial charge in [0.25, 0.3) is 0 Å². The van der Waals surface area contributed by atoms with Crippen LogP contribution in [0, 0.1) is 6.92 Å². The number of benzene rings is 2. The van der Waals surface area contributed by atoms with E-state index in [0.717, 1.165) is 17.4 Å². The van der Waals surface area contributed by atoms with E-state index in [2.05, 4.69) is 5.09 Å². The van der Waals surface area contributed by atoms with Crippen LogP contribution in [0.1, 0.15) is 60.3 Å². The molecule has 3 rings (SSSR count). The summed E-state index contributed by atoms with van der Waals surface area (Å²) >= 11 is 0. The van der Waals surface area contributed by atoms with Crippen LogP contribution >= 0.6 is 7.52 Å². The van der Waals surface area contributed by atoms with E-state index in [1.807, 2.05) is 13.8 Å². The van der Waals surface area contributed by atoms with Crippen molar-refractivity contribution in [1.29, 1.82) is 0 Å². The molecule has 1 aliphatic heterocycles. The summed E-state index contributed by atoms with van der Waals surface area (Å²) in [6.07, 6.45) is 3.55. The molecule has 0 aliphatic carbocycles. The molecule has 236 valence electrons. The Morgan fingerprint density at radius 3 is 2.51 bits per heavy atom. The number of fused-ring (bicyclic) bond motifs is 1. The summed E-state index contributed by atoms with van der Waals surface area (Å²) in [5.74, 6) is -0.972. The summed E-state index contributed by atoms with van der Waals surface area (Å²) in [4.78, 5) is 24.5. The van der Waals surface area contributed by atoms with Gasteiger partial charge in [-0.25, -0.2) is 18.3 Å². The average Bonchev–Trinajstić information content (AvgIpc) is 3.34. The van der Waals surface area contributed by atoms with Gasteiger partial charge in [-0.15, -0.1) is 0 Å². The van der Waals surface area contributed by atoms with Gasteiger partial charge in [0.05, 0.1) is 19.0 Å². The zero-order valence-corrected chi connectivity index (χ0v) is 27.2. The maximum absolute atomic E-state index is 13.9. The zero-order valence-electron chi connectivity index (χ0n) is 25.5. The van der Waals surface area contributed by atoms with Gasteiger partial charge in [-0.3, -0.25) is 9.36 Å². The van der Waals surface area contributed by atoms with E-state index in [-0.39, 0.29) is 50.2 Å². The van der Waals surface area contributed by atoms with Crippen molar-refractivity contribution in [3.8, 4) is 11.5 Å². The molecule has 1 heterocycles. The lowest BCUT2D eigenvalue weighted by Gasteiger charge is -2.26. The Bertz CT molecular complexity index is 1520. The van der Waals surface area contributed by atoms with Crippen LogP contribution in [0.2, 0.25) is 0 Å². The monoisotopic (exact) mass is 636 g/mol. The number of cyclic esters (lactones) is 1. The summed E-state index contributed by atoms with van der Waals surface area (Å²) in [5, 5.41) is 13.7. The highest BCUT2D eigenvalue weighted by Gasteiger charge is 2.33.